The van der Waals surface area contributed by atoms with Gasteiger partial charge in [-0.25, -0.2) is 0 Å². The van der Waals surface area contributed by atoms with Crippen LogP contribution in [0, 0.1) is 0 Å². The highest BCUT2D eigenvalue weighted by atomic mass is 79.9. The Bertz CT molecular complexity index is 556. The summed E-state index contributed by atoms with van der Waals surface area (Å²) in [6.45, 7) is 1.97. The van der Waals surface area contributed by atoms with E-state index in [-0.39, 0.29) is 6.04 Å². The van der Waals surface area contributed by atoms with Gasteiger partial charge in [-0.1, -0.05) is 30.3 Å². The Balaban J connectivity index is 2.16. The van der Waals surface area contributed by atoms with E-state index >= 15 is 0 Å². The Hall–Kier alpha value is -1.17. The molecule has 0 aliphatic carbocycles. The SMILES string of the molecule is CC(NC(C(=O)O)c1ccccc1)c1ccc(Br)s1. The number of hydrogen-bond donors (Lipinski definition) is 2. The van der Waals surface area contributed by atoms with Crippen molar-refractivity contribution < 1.29 is 9.90 Å². The van der Waals surface area contributed by atoms with Gasteiger partial charge in [-0.3, -0.25) is 10.1 Å². The lowest BCUT2D eigenvalue weighted by molar-refractivity contribution is -0.139. The quantitative estimate of drug-likeness (QED) is 0.865. The predicted octanol–water partition coefficient (Wildman–Crippen LogP) is 3.99. The second-order valence-corrected chi connectivity index (χ2v) is 6.71. The molecule has 0 spiro atoms. The van der Waals surface area contributed by atoms with E-state index in [1.165, 1.54) is 0 Å². The second-order valence-electron chi connectivity index (χ2n) is 4.21. The third kappa shape index (κ3) is 3.65. The number of aliphatic carboxylic acids is 1. The van der Waals surface area contributed by atoms with Crippen LogP contribution in [0.2, 0.25) is 0 Å². The maximum Gasteiger partial charge on any atom is 0.325 e. The molecule has 1 aromatic heterocycles. The van der Waals surface area contributed by atoms with Crippen molar-refractivity contribution >= 4 is 33.2 Å². The lowest BCUT2D eigenvalue weighted by atomic mass is 10.1. The first-order chi connectivity index (χ1) is 9.08. The van der Waals surface area contributed by atoms with E-state index in [1.807, 2.05) is 49.4 Å². The van der Waals surface area contributed by atoms with Crippen molar-refractivity contribution in [3.05, 3.63) is 56.7 Å². The van der Waals surface area contributed by atoms with Gasteiger partial charge in [0.05, 0.1) is 3.79 Å². The zero-order valence-corrected chi connectivity index (χ0v) is 12.7. The fourth-order valence-electron chi connectivity index (χ4n) is 1.85. The van der Waals surface area contributed by atoms with E-state index < -0.39 is 12.0 Å². The van der Waals surface area contributed by atoms with E-state index in [0.29, 0.717) is 0 Å². The molecule has 0 fully saturated rings. The topological polar surface area (TPSA) is 49.3 Å². The van der Waals surface area contributed by atoms with E-state index in [9.17, 15) is 9.90 Å². The van der Waals surface area contributed by atoms with Gasteiger partial charge in [0, 0.05) is 10.9 Å². The number of benzene rings is 1. The molecular weight excluding hydrogens is 326 g/mol. The minimum atomic E-state index is -0.867. The monoisotopic (exact) mass is 339 g/mol. The molecule has 19 heavy (non-hydrogen) atoms. The van der Waals surface area contributed by atoms with Crippen LogP contribution in [0.1, 0.15) is 29.4 Å². The average Bonchev–Trinajstić information content (AvgIpc) is 2.83. The number of carbonyl (C=O) groups is 1. The zero-order valence-electron chi connectivity index (χ0n) is 10.3. The summed E-state index contributed by atoms with van der Waals surface area (Å²) in [4.78, 5) is 12.5. The van der Waals surface area contributed by atoms with Crippen LogP contribution in [0.5, 0.6) is 0 Å². The van der Waals surface area contributed by atoms with E-state index in [1.54, 1.807) is 11.3 Å². The van der Waals surface area contributed by atoms with Crippen molar-refractivity contribution in [3.63, 3.8) is 0 Å². The first kappa shape index (κ1) is 14.2. The molecule has 0 saturated carbocycles. The minimum absolute atomic E-state index is 0.0161. The molecule has 0 bridgehead atoms. The van der Waals surface area contributed by atoms with Crippen LogP contribution in [0.4, 0.5) is 0 Å². The van der Waals surface area contributed by atoms with Gasteiger partial charge >= 0.3 is 5.97 Å². The highest BCUT2D eigenvalue weighted by molar-refractivity contribution is 9.11. The number of nitrogens with one attached hydrogen (secondary N) is 1. The van der Waals surface area contributed by atoms with Crippen LogP contribution in [0.15, 0.2) is 46.3 Å². The molecule has 2 unspecified atom stereocenters. The highest BCUT2D eigenvalue weighted by Crippen LogP contribution is 2.28. The van der Waals surface area contributed by atoms with Crippen LogP contribution in [-0.4, -0.2) is 11.1 Å². The highest BCUT2D eigenvalue weighted by Gasteiger charge is 2.22. The Morgan fingerprint density at radius 1 is 1.26 bits per heavy atom. The van der Waals surface area contributed by atoms with Crippen LogP contribution in [0.25, 0.3) is 0 Å². The first-order valence-electron chi connectivity index (χ1n) is 5.87. The van der Waals surface area contributed by atoms with Crippen molar-refractivity contribution in [1.82, 2.24) is 5.32 Å². The summed E-state index contributed by atoms with van der Waals surface area (Å²) in [7, 11) is 0. The van der Waals surface area contributed by atoms with Gasteiger partial charge in [-0.15, -0.1) is 11.3 Å². The fourth-order valence-corrected chi connectivity index (χ4v) is 3.28. The molecule has 5 heteroatoms. The summed E-state index contributed by atoms with van der Waals surface area (Å²) in [5.74, 6) is -0.867. The standard InChI is InChI=1S/C14H14BrNO2S/c1-9(11-7-8-12(15)19-11)16-13(14(17)18)10-5-3-2-4-6-10/h2-9,13,16H,1H3,(H,17,18). The van der Waals surface area contributed by atoms with Gasteiger partial charge < -0.3 is 5.11 Å². The molecule has 2 N–H and O–H groups in total. The van der Waals surface area contributed by atoms with Gasteiger partial charge in [0.1, 0.15) is 6.04 Å². The van der Waals surface area contributed by atoms with Crippen LogP contribution in [0.3, 0.4) is 0 Å². The third-order valence-corrected chi connectivity index (χ3v) is 4.62. The number of hydrogen-bond acceptors (Lipinski definition) is 3. The van der Waals surface area contributed by atoms with Gasteiger partial charge in [0.2, 0.25) is 0 Å². The summed E-state index contributed by atoms with van der Waals surface area (Å²) in [6.07, 6.45) is 0. The number of carboxylic acids is 1. The third-order valence-electron chi connectivity index (χ3n) is 2.82. The number of rotatable bonds is 5. The average molecular weight is 340 g/mol. The van der Waals surface area contributed by atoms with Crippen molar-refractivity contribution in [2.24, 2.45) is 0 Å². The lowest BCUT2D eigenvalue weighted by Crippen LogP contribution is -2.30. The Morgan fingerprint density at radius 3 is 2.47 bits per heavy atom. The van der Waals surface area contributed by atoms with Gasteiger partial charge in [-0.2, -0.15) is 0 Å². The second kappa shape index (κ2) is 6.32. The summed E-state index contributed by atoms with van der Waals surface area (Å²) < 4.78 is 1.04. The first-order valence-corrected chi connectivity index (χ1v) is 7.48. The molecule has 2 atom stereocenters. The van der Waals surface area contributed by atoms with E-state index in [2.05, 4.69) is 21.2 Å². The van der Waals surface area contributed by atoms with Crippen LogP contribution >= 0.6 is 27.3 Å². The van der Waals surface area contributed by atoms with Gasteiger partial charge in [0.15, 0.2) is 0 Å². The molecule has 0 amide bonds. The van der Waals surface area contributed by atoms with Crippen molar-refractivity contribution in [2.75, 3.05) is 0 Å². The summed E-state index contributed by atoms with van der Waals surface area (Å²) in [6, 6.07) is 12.5. The van der Waals surface area contributed by atoms with Crippen molar-refractivity contribution in [2.45, 2.75) is 19.0 Å². The Labute approximate surface area is 124 Å². The minimum Gasteiger partial charge on any atom is -0.480 e. The molecule has 0 aliphatic rings. The lowest BCUT2D eigenvalue weighted by Gasteiger charge is -2.19. The summed E-state index contributed by atoms with van der Waals surface area (Å²) >= 11 is 5.02. The smallest absolute Gasteiger partial charge is 0.325 e. The van der Waals surface area contributed by atoms with E-state index in [4.69, 9.17) is 0 Å². The van der Waals surface area contributed by atoms with Gasteiger partial charge in [0.25, 0.3) is 0 Å². The van der Waals surface area contributed by atoms with Crippen molar-refractivity contribution in [1.29, 1.82) is 0 Å². The molecule has 2 rings (SSSR count). The molecule has 1 heterocycles. The van der Waals surface area contributed by atoms with Crippen LogP contribution in [-0.2, 0) is 4.79 Å². The molecule has 0 aliphatic heterocycles. The molecule has 0 radical (unpaired) electrons. The summed E-state index contributed by atoms with van der Waals surface area (Å²) in [5, 5.41) is 12.5. The molecule has 2 aromatic rings. The number of thiophene rings is 1. The van der Waals surface area contributed by atoms with E-state index in [0.717, 1.165) is 14.2 Å². The molecular formula is C14H14BrNO2S. The fraction of sp³-hybridized carbons (Fsp3) is 0.214. The Kier molecular flexibility index (Phi) is 4.74. The molecule has 1 aromatic carbocycles. The summed E-state index contributed by atoms with van der Waals surface area (Å²) in [5.41, 5.74) is 0.762. The number of carboxylic acid groups (broad SMARTS) is 1. The normalized spacial score (nSPS) is 14.0. The Morgan fingerprint density at radius 2 is 1.95 bits per heavy atom. The largest absolute Gasteiger partial charge is 0.480 e. The number of halogens is 1. The predicted molar refractivity (Wildman–Crippen MR) is 80.4 cm³/mol. The zero-order chi connectivity index (χ0) is 13.8. The van der Waals surface area contributed by atoms with Crippen molar-refractivity contribution in [3.8, 4) is 0 Å². The van der Waals surface area contributed by atoms with Gasteiger partial charge in [-0.05, 0) is 40.5 Å². The molecule has 3 nitrogen and oxygen atoms in total. The molecule has 0 saturated heterocycles. The maximum absolute atomic E-state index is 11.4. The maximum atomic E-state index is 11.4. The molecule has 100 valence electrons. The van der Waals surface area contributed by atoms with Crippen LogP contribution < -0.4 is 5.32 Å².